The Balaban J connectivity index is 2.84. The van der Waals surface area contributed by atoms with Crippen LogP contribution in [0.15, 0.2) is 24.3 Å². The molecule has 1 aromatic rings. The molecule has 11 nitrogen and oxygen atoms in total. The third-order valence-electron chi connectivity index (χ3n) is 5.02. The van der Waals surface area contributed by atoms with Gasteiger partial charge in [0.1, 0.15) is 23.9 Å². The van der Waals surface area contributed by atoms with Gasteiger partial charge in [-0.2, -0.15) is 11.8 Å². The summed E-state index contributed by atoms with van der Waals surface area (Å²) in [7, 11) is 0. The Bertz CT molecular complexity index is 835. The van der Waals surface area contributed by atoms with Gasteiger partial charge < -0.3 is 37.0 Å². The first kappa shape index (κ1) is 29.2. The van der Waals surface area contributed by atoms with E-state index in [1.807, 2.05) is 6.26 Å². The molecule has 0 spiro atoms. The van der Waals surface area contributed by atoms with Crippen LogP contribution in [0.1, 0.15) is 25.8 Å². The Morgan fingerprint density at radius 3 is 2.06 bits per heavy atom. The highest BCUT2D eigenvalue weighted by Gasteiger charge is 2.31. The molecule has 0 heterocycles. The van der Waals surface area contributed by atoms with E-state index in [1.54, 1.807) is 13.8 Å². The van der Waals surface area contributed by atoms with Crippen molar-refractivity contribution in [3.05, 3.63) is 29.8 Å². The lowest BCUT2D eigenvalue weighted by molar-refractivity contribution is -0.142. The van der Waals surface area contributed by atoms with Crippen molar-refractivity contribution in [2.45, 2.75) is 50.9 Å². The van der Waals surface area contributed by atoms with Crippen molar-refractivity contribution in [3.63, 3.8) is 0 Å². The molecule has 3 amide bonds. The van der Waals surface area contributed by atoms with Gasteiger partial charge in [0.15, 0.2) is 0 Å². The number of nitrogens with two attached hydrogens (primary N) is 1. The highest BCUT2D eigenvalue weighted by atomic mass is 32.2. The second-order valence-electron chi connectivity index (χ2n) is 8.13. The van der Waals surface area contributed by atoms with Gasteiger partial charge in [0, 0.05) is 6.42 Å². The highest BCUT2D eigenvalue weighted by Crippen LogP contribution is 2.12. The summed E-state index contributed by atoms with van der Waals surface area (Å²) in [5.41, 5.74) is 6.37. The number of carbonyl (C=O) groups excluding carboxylic acids is 3. The van der Waals surface area contributed by atoms with Crippen molar-refractivity contribution >= 4 is 35.5 Å². The normalized spacial score (nSPS) is 14.5. The Morgan fingerprint density at radius 1 is 0.971 bits per heavy atom. The number of aromatic hydroxyl groups is 1. The second-order valence-corrected chi connectivity index (χ2v) is 9.12. The number of hydrogen-bond acceptors (Lipinski definition) is 8. The first-order chi connectivity index (χ1) is 16.0. The zero-order valence-corrected chi connectivity index (χ0v) is 20.3. The quantitative estimate of drug-likeness (QED) is 0.172. The molecule has 0 radical (unpaired) electrons. The first-order valence-corrected chi connectivity index (χ1v) is 12.2. The van der Waals surface area contributed by atoms with Crippen molar-refractivity contribution in [1.29, 1.82) is 0 Å². The van der Waals surface area contributed by atoms with Gasteiger partial charge in [0.25, 0.3) is 0 Å². The number of aliphatic hydroxyl groups is 1. The van der Waals surface area contributed by atoms with Crippen LogP contribution >= 0.6 is 11.8 Å². The number of amides is 3. The molecule has 0 aliphatic heterocycles. The van der Waals surface area contributed by atoms with Crippen LogP contribution in [-0.2, 0) is 25.6 Å². The van der Waals surface area contributed by atoms with Crippen LogP contribution in [-0.4, -0.2) is 81.8 Å². The molecular weight excluding hydrogens is 464 g/mol. The molecule has 0 saturated heterocycles. The minimum Gasteiger partial charge on any atom is -0.508 e. The maximum atomic E-state index is 12.8. The van der Waals surface area contributed by atoms with Crippen LogP contribution in [0.3, 0.4) is 0 Å². The van der Waals surface area contributed by atoms with Crippen molar-refractivity contribution in [1.82, 2.24) is 16.0 Å². The standard InChI is InChI=1S/C22H34N4O7S/c1-12(2)18(26-20(30)17(11-27)25-19(29)15(23)8-9-34-3)21(31)24-16(22(32)33)10-13-4-6-14(28)7-5-13/h4-7,12,15-18,27-28H,8-11,23H2,1-3H3,(H,24,31)(H,25,29)(H,26,30)(H,32,33). The van der Waals surface area contributed by atoms with E-state index in [0.717, 1.165) is 0 Å². The number of phenolic OH excluding ortho intramolecular Hbond substituents is 1. The molecule has 0 bridgehead atoms. The predicted octanol–water partition coefficient (Wildman–Crippen LogP) is -0.798. The number of aliphatic carboxylic acids is 1. The summed E-state index contributed by atoms with van der Waals surface area (Å²) in [6.45, 7) is 2.61. The predicted molar refractivity (Wildman–Crippen MR) is 128 cm³/mol. The number of aliphatic hydroxyl groups excluding tert-OH is 1. The molecule has 4 atom stereocenters. The summed E-state index contributed by atoms with van der Waals surface area (Å²) in [5, 5.41) is 35.8. The summed E-state index contributed by atoms with van der Waals surface area (Å²) in [6, 6.07) is 1.31. The summed E-state index contributed by atoms with van der Waals surface area (Å²) >= 11 is 1.51. The summed E-state index contributed by atoms with van der Waals surface area (Å²) in [5.74, 6) is -3.15. The zero-order chi connectivity index (χ0) is 25.8. The largest absolute Gasteiger partial charge is 0.508 e. The average Bonchev–Trinajstić information content (AvgIpc) is 2.79. The van der Waals surface area contributed by atoms with E-state index >= 15 is 0 Å². The van der Waals surface area contributed by atoms with Gasteiger partial charge in [-0.05, 0) is 42.0 Å². The third kappa shape index (κ3) is 9.57. The van der Waals surface area contributed by atoms with Crippen molar-refractivity contribution in [2.75, 3.05) is 18.6 Å². The lowest BCUT2D eigenvalue weighted by Crippen LogP contribution is -2.59. The summed E-state index contributed by atoms with van der Waals surface area (Å²) in [6.07, 6.45) is 2.22. The van der Waals surface area contributed by atoms with Crippen LogP contribution in [0.4, 0.5) is 0 Å². The van der Waals surface area contributed by atoms with Crippen molar-refractivity contribution in [3.8, 4) is 5.75 Å². The van der Waals surface area contributed by atoms with E-state index < -0.39 is 60.4 Å². The topological polar surface area (TPSA) is 191 Å². The number of benzene rings is 1. The molecule has 1 aromatic carbocycles. The molecule has 0 saturated carbocycles. The van der Waals surface area contributed by atoms with E-state index in [4.69, 9.17) is 5.73 Å². The Morgan fingerprint density at radius 2 is 1.56 bits per heavy atom. The first-order valence-electron chi connectivity index (χ1n) is 10.8. The van der Waals surface area contributed by atoms with Crippen LogP contribution in [0, 0.1) is 5.92 Å². The molecule has 0 fully saturated rings. The molecule has 190 valence electrons. The molecular formula is C22H34N4O7S. The second kappa shape index (κ2) is 14.4. The lowest BCUT2D eigenvalue weighted by atomic mass is 10.0. The lowest BCUT2D eigenvalue weighted by Gasteiger charge is -2.26. The summed E-state index contributed by atoms with van der Waals surface area (Å²) in [4.78, 5) is 49.4. The smallest absolute Gasteiger partial charge is 0.326 e. The van der Waals surface area contributed by atoms with Crippen LogP contribution in [0.2, 0.25) is 0 Å². The van der Waals surface area contributed by atoms with Gasteiger partial charge in [-0.25, -0.2) is 4.79 Å². The fraction of sp³-hybridized carbons (Fsp3) is 0.545. The third-order valence-corrected chi connectivity index (χ3v) is 5.67. The molecule has 12 heteroatoms. The number of hydrogen-bond donors (Lipinski definition) is 7. The summed E-state index contributed by atoms with van der Waals surface area (Å²) < 4.78 is 0. The van der Waals surface area contributed by atoms with Gasteiger partial charge in [0.05, 0.1) is 12.6 Å². The molecule has 0 aliphatic carbocycles. The Labute approximate surface area is 202 Å². The number of thioether (sulfide) groups is 1. The van der Waals surface area contributed by atoms with E-state index in [0.29, 0.717) is 17.7 Å². The number of carboxylic acids is 1. The fourth-order valence-corrected chi connectivity index (χ4v) is 3.46. The fourth-order valence-electron chi connectivity index (χ4n) is 2.97. The van der Waals surface area contributed by atoms with Gasteiger partial charge in [0.2, 0.25) is 17.7 Å². The molecule has 1 rings (SSSR count). The van der Waals surface area contributed by atoms with Crippen LogP contribution < -0.4 is 21.7 Å². The number of carbonyl (C=O) groups is 4. The van der Waals surface area contributed by atoms with Crippen LogP contribution in [0.5, 0.6) is 5.75 Å². The SMILES string of the molecule is CSCCC(N)C(=O)NC(CO)C(=O)NC(C(=O)NC(Cc1ccc(O)cc1)C(=O)O)C(C)C. The number of carboxylic acid groups (broad SMARTS) is 1. The van der Waals surface area contributed by atoms with Gasteiger partial charge in [-0.15, -0.1) is 0 Å². The Kier molecular flexibility index (Phi) is 12.4. The van der Waals surface area contributed by atoms with E-state index in [9.17, 15) is 34.5 Å². The maximum absolute atomic E-state index is 12.8. The van der Waals surface area contributed by atoms with Gasteiger partial charge in [-0.1, -0.05) is 26.0 Å². The van der Waals surface area contributed by atoms with E-state index in [1.165, 1.54) is 36.0 Å². The average molecular weight is 499 g/mol. The van der Waals surface area contributed by atoms with E-state index in [-0.39, 0.29) is 12.2 Å². The van der Waals surface area contributed by atoms with Gasteiger partial charge in [-0.3, -0.25) is 14.4 Å². The minimum atomic E-state index is -1.32. The Hall–Kier alpha value is -2.83. The molecule has 34 heavy (non-hydrogen) atoms. The highest BCUT2D eigenvalue weighted by molar-refractivity contribution is 7.98. The molecule has 4 unspecified atom stereocenters. The zero-order valence-electron chi connectivity index (χ0n) is 19.5. The number of rotatable bonds is 14. The van der Waals surface area contributed by atoms with Crippen molar-refractivity contribution in [2.24, 2.45) is 11.7 Å². The number of phenols is 1. The molecule has 8 N–H and O–H groups in total. The van der Waals surface area contributed by atoms with Gasteiger partial charge >= 0.3 is 5.97 Å². The minimum absolute atomic E-state index is 0.0259. The van der Waals surface area contributed by atoms with Crippen LogP contribution in [0.25, 0.3) is 0 Å². The molecule has 0 aromatic heterocycles. The monoisotopic (exact) mass is 498 g/mol. The maximum Gasteiger partial charge on any atom is 0.326 e. The van der Waals surface area contributed by atoms with Crippen molar-refractivity contribution < 1.29 is 34.5 Å². The molecule has 0 aliphatic rings. The number of nitrogens with one attached hydrogen (secondary N) is 3. The van der Waals surface area contributed by atoms with E-state index in [2.05, 4.69) is 16.0 Å².